The topological polar surface area (TPSA) is 48.7 Å². The van der Waals surface area contributed by atoms with Gasteiger partial charge in [0.05, 0.1) is 22.0 Å². The average molecular weight is 321 g/mol. The van der Waals surface area contributed by atoms with Crippen LogP contribution in [0.5, 0.6) is 0 Å². The number of nitrogens with one attached hydrogen (secondary N) is 1. The van der Waals surface area contributed by atoms with E-state index in [1.165, 1.54) is 0 Å². The number of para-hydroxylation sites is 1. The highest BCUT2D eigenvalue weighted by atomic mass is 32.1. The lowest BCUT2D eigenvalue weighted by molar-refractivity contribution is 0.475. The number of allylic oxidation sites excluding steroid dienone is 1. The van der Waals surface area contributed by atoms with Crippen molar-refractivity contribution >= 4 is 28.1 Å². The predicted molar refractivity (Wildman–Crippen MR) is 97.2 cm³/mol. The molecule has 23 heavy (non-hydrogen) atoms. The van der Waals surface area contributed by atoms with Crippen molar-refractivity contribution in [1.29, 1.82) is 5.26 Å². The molecule has 4 heteroatoms. The minimum Gasteiger partial charge on any atom is -0.382 e. The van der Waals surface area contributed by atoms with Crippen LogP contribution in [-0.4, -0.2) is 17.0 Å². The summed E-state index contributed by atoms with van der Waals surface area (Å²) in [6, 6.07) is 12.5. The van der Waals surface area contributed by atoms with Crippen molar-refractivity contribution in [3.8, 4) is 6.07 Å². The Morgan fingerprint density at radius 2 is 2.22 bits per heavy atom. The van der Waals surface area contributed by atoms with Crippen LogP contribution < -0.4 is 5.32 Å². The summed E-state index contributed by atoms with van der Waals surface area (Å²) in [5, 5.41) is 13.5. The van der Waals surface area contributed by atoms with Crippen molar-refractivity contribution in [3.05, 3.63) is 53.7 Å². The van der Waals surface area contributed by atoms with Crippen molar-refractivity contribution in [2.45, 2.75) is 31.1 Å². The zero-order valence-electron chi connectivity index (χ0n) is 13.2. The van der Waals surface area contributed by atoms with E-state index < -0.39 is 5.41 Å². The summed E-state index contributed by atoms with van der Waals surface area (Å²) >= 11 is 5.69. The third-order valence-corrected chi connectivity index (χ3v) is 5.29. The monoisotopic (exact) mass is 321 g/mol. The van der Waals surface area contributed by atoms with E-state index in [9.17, 15) is 5.26 Å². The molecule has 1 fully saturated rings. The molecule has 3 nitrogen and oxygen atoms in total. The maximum Gasteiger partial charge on any atom is 0.0912 e. The fraction of sp³-hybridized carbons (Fsp3) is 0.316. The second-order valence-corrected chi connectivity index (χ2v) is 6.32. The number of hydrogen-bond acceptors (Lipinski definition) is 3. The smallest absolute Gasteiger partial charge is 0.0912 e. The molecule has 2 aromatic rings. The number of likely N-dealkylation sites (N-methyl/N-ethyl adjacent to an activating group) is 1. The van der Waals surface area contributed by atoms with Crippen molar-refractivity contribution in [3.63, 3.8) is 0 Å². The third kappa shape index (κ3) is 2.62. The first-order valence-electron chi connectivity index (χ1n) is 7.89. The highest BCUT2D eigenvalue weighted by Crippen LogP contribution is 2.44. The molecule has 1 saturated carbocycles. The average Bonchev–Trinajstić information content (AvgIpc) is 2.61. The molecule has 0 bridgehead atoms. The van der Waals surface area contributed by atoms with E-state index >= 15 is 0 Å². The Morgan fingerprint density at radius 1 is 1.39 bits per heavy atom. The van der Waals surface area contributed by atoms with E-state index in [0.717, 1.165) is 52.7 Å². The quantitative estimate of drug-likeness (QED) is 0.670. The molecule has 1 aromatic carbocycles. The number of rotatable bonds is 2. The number of hydrogen-bond donors (Lipinski definition) is 1. The van der Waals surface area contributed by atoms with Gasteiger partial charge in [-0.05, 0) is 42.5 Å². The fourth-order valence-electron chi connectivity index (χ4n) is 3.59. The Morgan fingerprint density at radius 3 is 3.00 bits per heavy atom. The van der Waals surface area contributed by atoms with Gasteiger partial charge in [0.15, 0.2) is 0 Å². The minimum absolute atomic E-state index is 0.408. The lowest BCUT2D eigenvalue weighted by Gasteiger charge is -2.40. The molecule has 0 saturated heterocycles. The molecule has 0 amide bonds. The number of aromatic nitrogens is 1. The van der Waals surface area contributed by atoms with Gasteiger partial charge in [0.1, 0.15) is 0 Å². The van der Waals surface area contributed by atoms with Gasteiger partial charge in [-0.25, -0.2) is 0 Å². The van der Waals surface area contributed by atoms with Gasteiger partial charge < -0.3 is 5.32 Å². The zero-order chi connectivity index (χ0) is 16.3. The van der Waals surface area contributed by atoms with Crippen LogP contribution in [0.4, 0.5) is 0 Å². The second-order valence-electron chi connectivity index (χ2n) is 5.91. The molecule has 3 rings (SSSR count). The highest BCUT2D eigenvalue weighted by molar-refractivity contribution is 7.80. The summed E-state index contributed by atoms with van der Waals surface area (Å²) in [6.07, 6.45) is 7.61. The van der Waals surface area contributed by atoms with E-state index in [2.05, 4.69) is 28.5 Å². The van der Waals surface area contributed by atoms with E-state index in [-0.39, 0.29) is 0 Å². The van der Waals surface area contributed by atoms with Gasteiger partial charge in [-0.3, -0.25) is 4.98 Å². The first-order valence-corrected chi connectivity index (χ1v) is 8.30. The van der Waals surface area contributed by atoms with Crippen LogP contribution in [0.2, 0.25) is 0 Å². The predicted octanol–water partition coefficient (Wildman–Crippen LogP) is 4.04. The Hall–Kier alpha value is -2.25. The van der Waals surface area contributed by atoms with Gasteiger partial charge in [0.2, 0.25) is 0 Å². The summed E-state index contributed by atoms with van der Waals surface area (Å²) in [4.78, 5) is 5.39. The molecule has 0 radical (unpaired) electrons. The van der Waals surface area contributed by atoms with E-state index in [0.29, 0.717) is 0 Å². The molecule has 1 aliphatic rings. The Balaban J connectivity index is 2.23. The number of thiocarbonyl (C=S) groups is 1. The van der Waals surface area contributed by atoms with Gasteiger partial charge in [0, 0.05) is 24.7 Å². The minimum atomic E-state index is -0.408. The molecule has 1 atom stereocenters. The first-order chi connectivity index (χ1) is 11.2. The largest absolute Gasteiger partial charge is 0.382 e. The summed E-state index contributed by atoms with van der Waals surface area (Å²) in [7, 11) is 1.86. The Labute approximate surface area is 142 Å². The maximum atomic E-state index is 9.22. The molecule has 1 N–H and O–H groups in total. The SMILES string of the molecule is CNC(=S)C1(c2cnc3ccccc3c2)CCCC/C1=C/C#N. The molecule has 1 aliphatic carbocycles. The highest BCUT2D eigenvalue weighted by Gasteiger charge is 2.42. The summed E-state index contributed by atoms with van der Waals surface area (Å²) < 4.78 is 0. The maximum absolute atomic E-state index is 9.22. The van der Waals surface area contributed by atoms with E-state index in [4.69, 9.17) is 12.2 Å². The number of fused-ring (bicyclic) bond motifs is 1. The second kappa shape index (κ2) is 6.47. The molecule has 1 aromatic heterocycles. The summed E-state index contributed by atoms with van der Waals surface area (Å²) in [5.74, 6) is 0. The van der Waals surface area contributed by atoms with Crippen LogP contribution in [0.25, 0.3) is 10.9 Å². The molecule has 1 heterocycles. The van der Waals surface area contributed by atoms with Crippen molar-refractivity contribution in [2.75, 3.05) is 7.05 Å². The van der Waals surface area contributed by atoms with Gasteiger partial charge in [-0.2, -0.15) is 5.26 Å². The lowest BCUT2D eigenvalue weighted by atomic mass is 9.66. The molecule has 1 unspecified atom stereocenters. The normalized spacial score (nSPS) is 22.7. The lowest BCUT2D eigenvalue weighted by Crippen LogP contribution is -2.45. The van der Waals surface area contributed by atoms with Gasteiger partial charge in [-0.1, -0.05) is 36.8 Å². The molecule has 116 valence electrons. The summed E-state index contributed by atoms with van der Waals surface area (Å²) in [6.45, 7) is 0. The first kappa shape index (κ1) is 15.6. The van der Waals surface area contributed by atoms with E-state index in [1.807, 2.05) is 31.4 Å². The van der Waals surface area contributed by atoms with Crippen molar-refractivity contribution in [1.82, 2.24) is 10.3 Å². The molecular formula is C19H19N3S. The van der Waals surface area contributed by atoms with Crippen LogP contribution in [0.15, 0.2) is 48.2 Å². The standard InChI is InChI=1S/C19H19N3S/c1-21-18(23)19(10-5-4-7-15(19)9-11-20)16-12-14-6-2-3-8-17(14)22-13-16/h2-3,6,8-9,12-13H,4-5,7,10H2,1H3,(H,21,23)/b15-9-. The number of pyridine rings is 1. The number of nitrogens with zero attached hydrogens (tertiary/aromatic N) is 2. The third-order valence-electron chi connectivity index (χ3n) is 4.73. The van der Waals surface area contributed by atoms with Crippen LogP contribution in [0.3, 0.4) is 0 Å². The Kier molecular flexibility index (Phi) is 4.40. The summed E-state index contributed by atoms with van der Waals surface area (Å²) in [5.41, 5.74) is 2.75. The van der Waals surface area contributed by atoms with Gasteiger partial charge in [-0.15, -0.1) is 0 Å². The van der Waals surface area contributed by atoms with Crippen LogP contribution in [-0.2, 0) is 5.41 Å². The van der Waals surface area contributed by atoms with Crippen molar-refractivity contribution in [2.24, 2.45) is 0 Å². The van der Waals surface area contributed by atoms with Gasteiger partial charge in [0.25, 0.3) is 0 Å². The van der Waals surface area contributed by atoms with Crippen LogP contribution in [0, 0.1) is 11.3 Å². The number of benzene rings is 1. The van der Waals surface area contributed by atoms with E-state index in [1.54, 1.807) is 6.08 Å². The van der Waals surface area contributed by atoms with Gasteiger partial charge >= 0.3 is 0 Å². The Bertz CT molecular complexity index is 819. The van der Waals surface area contributed by atoms with Crippen molar-refractivity contribution < 1.29 is 0 Å². The van der Waals surface area contributed by atoms with Crippen LogP contribution >= 0.6 is 12.2 Å². The molecule has 0 aliphatic heterocycles. The van der Waals surface area contributed by atoms with Crippen LogP contribution in [0.1, 0.15) is 31.2 Å². The molecule has 0 spiro atoms. The fourth-order valence-corrected chi connectivity index (χ4v) is 3.94. The molecular weight excluding hydrogens is 302 g/mol. The number of nitriles is 1. The zero-order valence-corrected chi connectivity index (χ0v) is 14.0.